The average molecular weight is 561 g/mol. The van der Waals surface area contributed by atoms with E-state index in [4.69, 9.17) is 46.0 Å². The molecular weight excluding hydrogens is 526 g/mol. The molecule has 2 atom stereocenters. The highest BCUT2D eigenvalue weighted by molar-refractivity contribution is 6.31. The van der Waals surface area contributed by atoms with Crippen molar-refractivity contribution in [1.29, 1.82) is 0 Å². The van der Waals surface area contributed by atoms with Crippen molar-refractivity contribution >= 4 is 47.6 Å². The zero-order chi connectivity index (χ0) is 31.4. The predicted molar refractivity (Wildman–Crippen MR) is 123 cm³/mol. The first-order chi connectivity index (χ1) is 17.3. The van der Waals surface area contributed by atoms with E-state index in [9.17, 15) is 38.4 Å². The van der Waals surface area contributed by atoms with E-state index in [-0.39, 0.29) is 25.3 Å². The molecule has 0 aromatic heterocycles. The molecule has 1 rings (SSSR count). The van der Waals surface area contributed by atoms with Crippen LogP contribution in [0.2, 0.25) is 0 Å². The van der Waals surface area contributed by atoms with Crippen LogP contribution in [0, 0.1) is 0 Å². The van der Waals surface area contributed by atoms with Gasteiger partial charge in [-0.2, -0.15) is 0 Å². The van der Waals surface area contributed by atoms with Gasteiger partial charge in [-0.15, -0.1) is 0 Å². The first-order valence-electron chi connectivity index (χ1n) is 10.2. The monoisotopic (exact) mass is 561 g/mol. The van der Waals surface area contributed by atoms with Crippen molar-refractivity contribution in [1.82, 2.24) is 5.32 Å². The van der Waals surface area contributed by atoms with Crippen molar-refractivity contribution in [2.45, 2.75) is 64.5 Å². The van der Waals surface area contributed by atoms with Gasteiger partial charge in [0.2, 0.25) is 5.78 Å². The number of carboxylic acids is 7. The van der Waals surface area contributed by atoms with Gasteiger partial charge in [0.25, 0.3) is 0 Å². The molecule has 0 amide bonds. The summed E-state index contributed by atoms with van der Waals surface area (Å²) in [5.74, 6) is -8.66. The van der Waals surface area contributed by atoms with E-state index in [2.05, 4.69) is 5.32 Å². The molecule has 0 spiro atoms. The fourth-order valence-electron chi connectivity index (χ4n) is 1.49. The molecule has 18 heteroatoms. The third kappa shape index (κ3) is 53.3. The molecule has 0 aromatic carbocycles. The molecule has 38 heavy (non-hydrogen) atoms. The van der Waals surface area contributed by atoms with Crippen molar-refractivity contribution in [3.05, 3.63) is 0 Å². The van der Waals surface area contributed by atoms with E-state index in [1.165, 1.54) is 6.92 Å². The summed E-state index contributed by atoms with van der Waals surface area (Å²) in [7, 11) is 1.00. The second-order valence-electron chi connectivity index (χ2n) is 6.55. The van der Waals surface area contributed by atoms with Crippen LogP contribution >= 0.6 is 0 Å². The van der Waals surface area contributed by atoms with Gasteiger partial charge in [-0.25, -0.2) is 4.79 Å². The number of carbonyl (C=O) groups excluding carboxylic acids is 1. The Kier molecular flexibility index (Phi) is 33.6. The minimum absolute atomic E-state index is 0.167. The molecule has 1 unspecified atom stereocenters. The second-order valence-corrected chi connectivity index (χ2v) is 6.55. The molecule has 0 bridgehead atoms. The van der Waals surface area contributed by atoms with Crippen LogP contribution in [0.15, 0.2) is 0 Å². The normalized spacial score (nSPS) is 13.0. The number of nitrogens with one attached hydrogen (secondary N) is 1. The highest BCUT2D eigenvalue weighted by atomic mass is 16.4. The van der Waals surface area contributed by atoms with Crippen molar-refractivity contribution in [2.24, 2.45) is 0 Å². The van der Waals surface area contributed by atoms with Crippen LogP contribution in [0.25, 0.3) is 0 Å². The first-order valence-corrected chi connectivity index (χ1v) is 10.2. The summed E-state index contributed by atoms with van der Waals surface area (Å²) in [6.07, 6.45) is -0.505. The zero-order valence-electron chi connectivity index (χ0n) is 20.9. The summed E-state index contributed by atoms with van der Waals surface area (Å²) in [6, 6.07) is -0.269. The van der Waals surface area contributed by atoms with Gasteiger partial charge in [-0.1, -0.05) is 0 Å². The molecule has 1 aliphatic heterocycles. The number of aliphatic hydroxyl groups excluding tert-OH is 2. The number of aliphatic carboxylic acids is 7. The summed E-state index contributed by atoms with van der Waals surface area (Å²) in [4.78, 5) is 76.8. The van der Waals surface area contributed by atoms with Crippen LogP contribution in [0.3, 0.4) is 0 Å². The maximum atomic E-state index is 10.1. The maximum Gasteiger partial charge on any atom is 0.371 e. The zero-order valence-corrected chi connectivity index (χ0v) is 20.9. The van der Waals surface area contributed by atoms with E-state index >= 15 is 0 Å². The quantitative estimate of drug-likeness (QED) is 0.112. The third-order valence-corrected chi connectivity index (χ3v) is 2.98. The van der Waals surface area contributed by atoms with Gasteiger partial charge in [-0.05, 0) is 26.3 Å². The number of hydrogen-bond acceptors (Lipinski definition) is 11. The van der Waals surface area contributed by atoms with E-state index in [1.807, 2.05) is 0 Å². The molecule has 10 N–H and O–H groups in total. The largest absolute Gasteiger partial charge is 0.481 e. The van der Waals surface area contributed by atoms with Gasteiger partial charge in [0.05, 0.1) is 25.4 Å². The Bertz CT molecular complexity index is 704. The highest BCUT2D eigenvalue weighted by Gasteiger charge is 2.20. The number of Topliss-reactive ketones (excluding diaryl/α,β-unsaturated/α-hetero) is 1. The van der Waals surface area contributed by atoms with Gasteiger partial charge >= 0.3 is 41.8 Å². The second kappa shape index (κ2) is 29.1. The Morgan fingerprint density at radius 1 is 0.737 bits per heavy atom. The lowest BCUT2D eigenvalue weighted by Gasteiger charge is -1.99. The number of rotatable bonds is 9. The minimum atomic E-state index is -1.38. The topological polar surface area (TPSA) is 331 Å². The first kappa shape index (κ1) is 43.9. The predicted octanol–water partition coefficient (Wildman–Crippen LogP) is -1.59. The number of carboxylic acid groups (broad SMARTS) is 7. The van der Waals surface area contributed by atoms with Crippen molar-refractivity contribution in [3.63, 3.8) is 0 Å². The molecule has 1 saturated heterocycles. The highest BCUT2D eigenvalue weighted by Crippen LogP contribution is 2.03. The van der Waals surface area contributed by atoms with Crippen LogP contribution in [0.1, 0.15) is 52.4 Å². The number of hydrogen-bond donors (Lipinski definition) is 10. The van der Waals surface area contributed by atoms with Gasteiger partial charge < -0.3 is 51.3 Å². The molecule has 1 heterocycles. The fraction of sp³-hybridized carbons (Fsp3) is 0.600. The fourth-order valence-corrected chi connectivity index (χ4v) is 1.49. The molecule has 1 fully saturated rings. The smallest absolute Gasteiger partial charge is 0.371 e. The summed E-state index contributed by atoms with van der Waals surface area (Å²) in [5.41, 5.74) is 0. The third-order valence-electron chi connectivity index (χ3n) is 2.98. The molecule has 1 aliphatic rings. The molecule has 222 valence electrons. The minimum Gasteiger partial charge on any atom is -0.481 e. The number of carbonyl (C=O) groups is 8. The number of aliphatic hydroxyl groups is 2. The van der Waals surface area contributed by atoms with E-state index < -0.39 is 60.1 Å². The van der Waals surface area contributed by atoms with Crippen molar-refractivity contribution in [3.8, 4) is 0 Å². The lowest BCUT2D eigenvalue weighted by Crippen LogP contribution is -2.29. The van der Waals surface area contributed by atoms with E-state index in [0.29, 0.717) is 0 Å². The van der Waals surface area contributed by atoms with Crippen LogP contribution in [0.4, 0.5) is 0 Å². The Morgan fingerprint density at radius 2 is 1.11 bits per heavy atom. The molecule has 0 saturated carbocycles. The lowest BCUT2D eigenvalue weighted by molar-refractivity contribution is -0.148. The average Bonchev–Trinajstić information content (AvgIpc) is 3.29. The maximum absolute atomic E-state index is 10.1. The van der Waals surface area contributed by atoms with E-state index in [0.717, 1.165) is 33.4 Å². The Balaban J connectivity index is -0.000000118. The van der Waals surface area contributed by atoms with Crippen molar-refractivity contribution < 1.29 is 84.3 Å². The Morgan fingerprint density at radius 3 is 1.18 bits per heavy atom. The van der Waals surface area contributed by atoms with Crippen LogP contribution in [-0.4, -0.2) is 119 Å². The Labute approximate surface area is 216 Å². The van der Waals surface area contributed by atoms with Gasteiger partial charge in [0.1, 0.15) is 12.5 Å². The molecular formula is C20H35NO17. The summed E-state index contributed by atoms with van der Waals surface area (Å²) >= 11 is 0. The van der Waals surface area contributed by atoms with Gasteiger partial charge in [0, 0.05) is 14.0 Å². The van der Waals surface area contributed by atoms with Gasteiger partial charge in [0.15, 0.2) is 0 Å². The summed E-state index contributed by atoms with van der Waals surface area (Å²) in [5, 5.41) is 73.3. The van der Waals surface area contributed by atoms with Gasteiger partial charge in [-0.3, -0.25) is 33.6 Å². The summed E-state index contributed by atoms with van der Waals surface area (Å²) < 4.78 is 0. The van der Waals surface area contributed by atoms with Crippen LogP contribution < -0.4 is 5.32 Å². The standard InChI is InChI=1S/C5H9NO2.C4H6O4.C4H8O3.C3H4O4.C3H4O3.CH4O/c7-5(8)4-2-1-3-6-4;5-3(6)1-2-4(7)8;1-3(5)2-4(6)7;4-2(5)1-3(6)7;1-2(4)3(5)6;1-2/h4,6H,1-3H2,(H,7,8);1-2H2,(H,5,6)(H,7,8);3,5H,2H2,1H3,(H,6,7);1H2,(H,4,5)(H,6,7);1H3,(H,5,6);2H,1H3/t4-;;;;;/m0...../s1. The lowest BCUT2D eigenvalue weighted by atomic mass is 10.2. The molecule has 18 nitrogen and oxygen atoms in total. The molecule has 0 aromatic rings. The molecule has 0 aliphatic carbocycles. The van der Waals surface area contributed by atoms with E-state index in [1.54, 1.807) is 0 Å². The SMILES string of the molecule is CC(=O)C(=O)O.CC(O)CC(=O)O.CO.O=C(O)CC(=O)O.O=C(O)CCC(=O)O.O=C(O)[C@@H]1CCCN1. The number of ketones is 1. The van der Waals surface area contributed by atoms with Crippen LogP contribution in [-0.2, 0) is 38.4 Å². The molecule has 0 radical (unpaired) electrons. The summed E-state index contributed by atoms with van der Waals surface area (Å²) in [6.45, 7) is 3.30. The van der Waals surface area contributed by atoms with Crippen LogP contribution in [0.5, 0.6) is 0 Å². The Hall–Kier alpha value is -4.16. The van der Waals surface area contributed by atoms with Crippen molar-refractivity contribution in [2.75, 3.05) is 13.7 Å².